The average molecular weight is 326 g/mol. The first-order valence-corrected chi connectivity index (χ1v) is 8.72. The molecule has 3 heterocycles. The summed E-state index contributed by atoms with van der Waals surface area (Å²) in [6.45, 7) is 3.24. The molecule has 0 bridgehead atoms. The van der Waals surface area contributed by atoms with Gasteiger partial charge in [-0.15, -0.1) is 0 Å². The van der Waals surface area contributed by atoms with Crippen LogP contribution in [-0.2, 0) is 4.79 Å². The van der Waals surface area contributed by atoms with Gasteiger partial charge in [0.2, 0.25) is 0 Å². The SMILES string of the molecule is O=C(O)C1CCN(c2nc3ccccc3nc2N2CCCCC2)C1. The minimum Gasteiger partial charge on any atom is -0.481 e. The minimum absolute atomic E-state index is 0.313. The summed E-state index contributed by atoms with van der Waals surface area (Å²) in [5.74, 6) is 0.733. The summed E-state index contributed by atoms with van der Waals surface area (Å²) in [7, 11) is 0. The summed E-state index contributed by atoms with van der Waals surface area (Å²) < 4.78 is 0. The Morgan fingerprint density at radius 2 is 1.58 bits per heavy atom. The molecular formula is C18H22N4O2. The van der Waals surface area contributed by atoms with Crippen LogP contribution in [0.1, 0.15) is 25.7 Å². The van der Waals surface area contributed by atoms with Crippen LogP contribution in [0.5, 0.6) is 0 Å². The van der Waals surface area contributed by atoms with Crippen LogP contribution in [0.3, 0.4) is 0 Å². The molecule has 0 amide bonds. The third kappa shape index (κ3) is 2.77. The lowest BCUT2D eigenvalue weighted by Crippen LogP contribution is -2.33. The summed E-state index contributed by atoms with van der Waals surface area (Å²) in [5, 5.41) is 9.29. The van der Waals surface area contributed by atoms with Crippen LogP contribution in [0.15, 0.2) is 24.3 Å². The topological polar surface area (TPSA) is 69.6 Å². The Hall–Kier alpha value is -2.37. The van der Waals surface area contributed by atoms with Crippen molar-refractivity contribution in [1.29, 1.82) is 0 Å². The van der Waals surface area contributed by atoms with Crippen molar-refractivity contribution in [1.82, 2.24) is 9.97 Å². The van der Waals surface area contributed by atoms with E-state index in [4.69, 9.17) is 9.97 Å². The second-order valence-corrected chi connectivity index (χ2v) is 6.68. The molecule has 1 aromatic heterocycles. The van der Waals surface area contributed by atoms with Gasteiger partial charge in [-0.1, -0.05) is 12.1 Å². The van der Waals surface area contributed by atoms with Gasteiger partial charge in [0.25, 0.3) is 0 Å². The molecule has 4 rings (SSSR count). The number of anilines is 2. The highest BCUT2D eigenvalue weighted by Gasteiger charge is 2.31. The van der Waals surface area contributed by atoms with Crippen molar-refractivity contribution in [3.63, 3.8) is 0 Å². The van der Waals surface area contributed by atoms with E-state index in [1.807, 2.05) is 24.3 Å². The fraction of sp³-hybridized carbons (Fsp3) is 0.500. The average Bonchev–Trinajstić information content (AvgIpc) is 3.12. The molecule has 0 saturated carbocycles. The molecule has 1 unspecified atom stereocenters. The molecule has 0 radical (unpaired) electrons. The van der Waals surface area contributed by atoms with Crippen molar-refractivity contribution < 1.29 is 9.90 Å². The summed E-state index contributed by atoms with van der Waals surface area (Å²) in [6, 6.07) is 7.90. The quantitative estimate of drug-likeness (QED) is 0.935. The molecule has 1 N–H and O–H groups in total. The molecular weight excluding hydrogens is 304 g/mol. The highest BCUT2D eigenvalue weighted by atomic mass is 16.4. The molecule has 24 heavy (non-hydrogen) atoms. The smallest absolute Gasteiger partial charge is 0.308 e. The van der Waals surface area contributed by atoms with Gasteiger partial charge < -0.3 is 14.9 Å². The van der Waals surface area contributed by atoms with Gasteiger partial charge in [0, 0.05) is 26.2 Å². The molecule has 1 aromatic carbocycles. The molecule has 1 atom stereocenters. The molecule has 6 heteroatoms. The molecule has 126 valence electrons. The fourth-order valence-corrected chi connectivity index (χ4v) is 3.67. The van der Waals surface area contributed by atoms with Gasteiger partial charge in [0.05, 0.1) is 17.0 Å². The molecule has 2 aliphatic heterocycles. The van der Waals surface area contributed by atoms with Gasteiger partial charge in [-0.2, -0.15) is 0 Å². The number of nitrogens with zero attached hydrogens (tertiary/aromatic N) is 4. The van der Waals surface area contributed by atoms with Crippen LogP contribution in [0, 0.1) is 5.92 Å². The number of carbonyl (C=O) groups is 1. The lowest BCUT2D eigenvalue weighted by molar-refractivity contribution is -0.140. The number of carboxylic acid groups (broad SMARTS) is 1. The number of carboxylic acids is 1. The maximum absolute atomic E-state index is 11.3. The van der Waals surface area contributed by atoms with Crippen LogP contribution in [0.2, 0.25) is 0 Å². The number of aliphatic carboxylic acids is 1. The van der Waals surface area contributed by atoms with Crippen molar-refractivity contribution in [2.75, 3.05) is 36.0 Å². The van der Waals surface area contributed by atoms with E-state index < -0.39 is 5.97 Å². The van der Waals surface area contributed by atoms with Crippen LogP contribution >= 0.6 is 0 Å². The van der Waals surface area contributed by atoms with Gasteiger partial charge >= 0.3 is 5.97 Å². The number of aromatic nitrogens is 2. The van der Waals surface area contributed by atoms with E-state index in [0.29, 0.717) is 13.0 Å². The highest BCUT2D eigenvalue weighted by Crippen LogP contribution is 2.33. The van der Waals surface area contributed by atoms with Crippen molar-refractivity contribution in [3.8, 4) is 0 Å². The monoisotopic (exact) mass is 326 g/mol. The Kier molecular flexibility index (Phi) is 3.96. The van der Waals surface area contributed by atoms with Gasteiger partial charge in [-0.3, -0.25) is 4.79 Å². The first-order chi connectivity index (χ1) is 11.7. The Bertz CT molecular complexity index is 758. The van der Waals surface area contributed by atoms with Crippen molar-refractivity contribution in [3.05, 3.63) is 24.3 Å². The normalized spacial score (nSPS) is 21.4. The van der Waals surface area contributed by atoms with Crippen LogP contribution < -0.4 is 9.80 Å². The number of hydrogen-bond acceptors (Lipinski definition) is 5. The number of hydrogen-bond donors (Lipinski definition) is 1. The highest BCUT2D eigenvalue weighted by molar-refractivity contribution is 5.81. The first kappa shape index (κ1) is 15.2. The number of para-hydroxylation sites is 2. The van der Waals surface area contributed by atoms with Crippen LogP contribution in [0.4, 0.5) is 11.6 Å². The predicted molar refractivity (Wildman–Crippen MR) is 93.6 cm³/mol. The largest absolute Gasteiger partial charge is 0.481 e. The van der Waals surface area contributed by atoms with Crippen molar-refractivity contribution >= 4 is 28.6 Å². The number of benzene rings is 1. The standard InChI is InChI=1S/C18H22N4O2/c23-18(24)13-8-11-22(12-13)17-16(21-9-4-1-5-10-21)19-14-6-2-3-7-15(14)20-17/h2-3,6-7,13H,1,4-5,8-12H2,(H,23,24). The number of fused-ring (bicyclic) bond motifs is 1. The summed E-state index contributed by atoms with van der Waals surface area (Å²) in [6.07, 6.45) is 4.28. The molecule has 0 spiro atoms. The van der Waals surface area contributed by atoms with E-state index in [0.717, 1.165) is 42.3 Å². The summed E-state index contributed by atoms with van der Waals surface area (Å²) in [5.41, 5.74) is 1.77. The van der Waals surface area contributed by atoms with Gasteiger partial charge in [-0.05, 0) is 37.8 Å². The Labute approximate surface area is 141 Å². The van der Waals surface area contributed by atoms with E-state index in [1.165, 1.54) is 19.3 Å². The zero-order valence-electron chi connectivity index (χ0n) is 13.7. The zero-order valence-corrected chi connectivity index (χ0v) is 13.7. The van der Waals surface area contributed by atoms with Crippen LogP contribution in [0.25, 0.3) is 11.0 Å². The molecule has 0 aliphatic carbocycles. The molecule has 2 fully saturated rings. The predicted octanol–water partition coefficient (Wildman–Crippen LogP) is 2.53. The van der Waals surface area contributed by atoms with E-state index >= 15 is 0 Å². The maximum Gasteiger partial charge on any atom is 0.308 e. The Balaban J connectivity index is 1.75. The number of rotatable bonds is 3. The van der Waals surface area contributed by atoms with Gasteiger partial charge in [-0.25, -0.2) is 9.97 Å². The Morgan fingerprint density at radius 1 is 0.958 bits per heavy atom. The van der Waals surface area contributed by atoms with Crippen molar-refractivity contribution in [2.24, 2.45) is 5.92 Å². The first-order valence-electron chi connectivity index (χ1n) is 8.72. The maximum atomic E-state index is 11.3. The second-order valence-electron chi connectivity index (χ2n) is 6.68. The lowest BCUT2D eigenvalue weighted by Gasteiger charge is -2.31. The molecule has 2 aromatic rings. The van der Waals surface area contributed by atoms with E-state index in [2.05, 4.69) is 9.80 Å². The molecule has 2 saturated heterocycles. The minimum atomic E-state index is -0.717. The summed E-state index contributed by atoms with van der Waals surface area (Å²) >= 11 is 0. The molecule has 2 aliphatic rings. The van der Waals surface area contributed by atoms with Gasteiger partial charge in [0.15, 0.2) is 11.6 Å². The van der Waals surface area contributed by atoms with E-state index in [-0.39, 0.29) is 5.92 Å². The second kappa shape index (κ2) is 6.26. The van der Waals surface area contributed by atoms with Crippen LogP contribution in [-0.4, -0.2) is 47.2 Å². The number of piperidine rings is 1. The third-order valence-corrected chi connectivity index (χ3v) is 5.03. The zero-order chi connectivity index (χ0) is 16.5. The van der Waals surface area contributed by atoms with Gasteiger partial charge in [0.1, 0.15) is 0 Å². The van der Waals surface area contributed by atoms with Crippen molar-refractivity contribution in [2.45, 2.75) is 25.7 Å². The van der Waals surface area contributed by atoms with E-state index in [1.54, 1.807) is 0 Å². The lowest BCUT2D eigenvalue weighted by atomic mass is 10.1. The summed E-state index contributed by atoms with van der Waals surface area (Å²) in [4.78, 5) is 25.5. The third-order valence-electron chi connectivity index (χ3n) is 5.03. The molecule has 6 nitrogen and oxygen atoms in total. The fourth-order valence-electron chi connectivity index (χ4n) is 3.67. The Morgan fingerprint density at radius 3 is 2.17 bits per heavy atom. The van der Waals surface area contributed by atoms with E-state index in [9.17, 15) is 9.90 Å².